The molecule has 7 atom stereocenters. The fourth-order valence-corrected chi connectivity index (χ4v) is 6.89. The summed E-state index contributed by atoms with van der Waals surface area (Å²) in [6.07, 6.45) is 14.5. The maximum atomic E-state index is 11.9. The maximum Gasteiger partial charge on any atom is 0.184 e. The van der Waals surface area contributed by atoms with Gasteiger partial charge in [-0.2, -0.15) is 0 Å². The number of terminal acetylenes is 1. The van der Waals surface area contributed by atoms with Crippen LogP contribution in [0.5, 0.6) is 0 Å². The molecule has 0 aromatic carbocycles. The molecule has 0 amide bonds. The smallest absolute Gasteiger partial charge is 0.184 e. The Labute approximate surface area is 139 Å². The highest BCUT2D eigenvalue weighted by molar-refractivity contribution is 5.95. The van der Waals surface area contributed by atoms with Gasteiger partial charge >= 0.3 is 0 Å². The van der Waals surface area contributed by atoms with Crippen LogP contribution in [0.4, 0.5) is 0 Å². The van der Waals surface area contributed by atoms with Crippen LogP contribution >= 0.6 is 0 Å². The van der Waals surface area contributed by atoms with Crippen molar-refractivity contribution in [3.8, 4) is 12.3 Å². The quantitative estimate of drug-likeness (QED) is 0.692. The first-order valence-corrected chi connectivity index (χ1v) is 9.29. The number of carbonyl (C=O) groups excluding carboxylic acids is 1. The number of hydrogen-bond donors (Lipinski definition) is 1. The summed E-state index contributed by atoms with van der Waals surface area (Å²) in [6.45, 7) is 4.74. The highest BCUT2D eigenvalue weighted by Crippen LogP contribution is 2.66. The zero-order chi connectivity index (χ0) is 16.4. The average molecular weight is 312 g/mol. The summed E-state index contributed by atoms with van der Waals surface area (Å²) in [4.78, 5) is 11.9. The van der Waals surface area contributed by atoms with E-state index in [-0.39, 0.29) is 11.2 Å². The van der Waals surface area contributed by atoms with Gasteiger partial charge in [0.2, 0.25) is 0 Å². The van der Waals surface area contributed by atoms with Crippen LogP contribution in [0.3, 0.4) is 0 Å². The van der Waals surface area contributed by atoms with Crippen molar-refractivity contribution in [2.24, 2.45) is 34.5 Å². The second kappa shape index (κ2) is 4.96. The van der Waals surface area contributed by atoms with E-state index < -0.39 is 6.10 Å². The van der Waals surface area contributed by atoms with Crippen molar-refractivity contribution in [1.29, 1.82) is 0 Å². The van der Waals surface area contributed by atoms with Crippen molar-refractivity contribution in [3.63, 3.8) is 0 Å². The molecule has 4 aliphatic rings. The summed E-state index contributed by atoms with van der Waals surface area (Å²) in [5.41, 5.74) is 1.65. The predicted molar refractivity (Wildman–Crippen MR) is 90.4 cm³/mol. The molecule has 124 valence electrons. The van der Waals surface area contributed by atoms with E-state index in [1.807, 2.05) is 0 Å². The van der Waals surface area contributed by atoms with E-state index in [0.29, 0.717) is 23.7 Å². The third-order valence-electron chi connectivity index (χ3n) is 8.20. The number of aliphatic hydroxyl groups excluding tert-OH is 1. The molecule has 3 fully saturated rings. The van der Waals surface area contributed by atoms with Crippen molar-refractivity contribution in [1.82, 2.24) is 0 Å². The van der Waals surface area contributed by atoms with E-state index in [4.69, 9.17) is 6.42 Å². The number of ketones is 1. The Morgan fingerprint density at radius 2 is 2.00 bits per heavy atom. The molecule has 3 saturated carbocycles. The standard InChI is InChI=1S/C21H28O2/c1-4-13-6-8-16-15-7-5-14-11-18(22)19(23)12-21(14,3)17(15)9-10-20(13,16)2/h1,11,13,15-17,19,23H,5-10,12H2,2-3H3/t13-,15-,16-,17-,19?,20+,21-/m0/s1. The van der Waals surface area contributed by atoms with Gasteiger partial charge in [-0.1, -0.05) is 19.4 Å². The van der Waals surface area contributed by atoms with Crippen LogP contribution in [-0.2, 0) is 4.79 Å². The maximum absolute atomic E-state index is 11.9. The van der Waals surface area contributed by atoms with Gasteiger partial charge in [0.25, 0.3) is 0 Å². The van der Waals surface area contributed by atoms with Crippen molar-refractivity contribution >= 4 is 5.78 Å². The average Bonchev–Trinajstić information content (AvgIpc) is 2.85. The number of fused-ring (bicyclic) bond motifs is 5. The van der Waals surface area contributed by atoms with Crippen LogP contribution in [0, 0.1) is 46.8 Å². The van der Waals surface area contributed by atoms with Crippen molar-refractivity contribution in [2.75, 3.05) is 0 Å². The van der Waals surface area contributed by atoms with Gasteiger partial charge in [0, 0.05) is 5.92 Å². The Hall–Kier alpha value is -1.07. The van der Waals surface area contributed by atoms with Crippen LogP contribution in [0.15, 0.2) is 11.6 Å². The van der Waals surface area contributed by atoms with E-state index in [1.165, 1.54) is 37.7 Å². The first kappa shape index (κ1) is 15.5. The first-order valence-electron chi connectivity index (χ1n) is 9.29. The molecule has 0 aromatic heterocycles. The van der Waals surface area contributed by atoms with E-state index in [9.17, 15) is 9.90 Å². The summed E-state index contributed by atoms with van der Waals surface area (Å²) in [6, 6.07) is 0. The Kier molecular flexibility index (Phi) is 3.34. The third kappa shape index (κ3) is 1.96. The topological polar surface area (TPSA) is 37.3 Å². The number of rotatable bonds is 0. The molecule has 1 unspecified atom stereocenters. The zero-order valence-electron chi connectivity index (χ0n) is 14.3. The predicted octanol–water partition coefficient (Wildman–Crippen LogP) is 3.74. The summed E-state index contributed by atoms with van der Waals surface area (Å²) >= 11 is 0. The normalized spacial score (nSPS) is 52.0. The number of allylic oxidation sites excluding steroid dienone is 1. The second-order valence-corrected chi connectivity index (χ2v) is 8.97. The molecule has 2 nitrogen and oxygen atoms in total. The number of carbonyl (C=O) groups is 1. The minimum atomic E-state index is -0.794. The molecule has 23 heavy (non-hydrogen) atoms. The molecule has 0 aliphatic heterocycles. The van der Waals surface area contributed by atoms with Gasteiger partial charge in [0.1, 0.15) is 6.10 Å². The molecule has 0 radical (unpaired) electrons. The van der Waals surface area contributed by atoms with Crippen molar-refractivity contribution < 1.29 is 9.90 Å². The molecular weight excluding hydrogens is 284 g/mol. The monoisotopic (exact) mass is 312 g/mol. The van der Waals surface area contributed by atoms with Gasteiger partial charge in [-0.25, -0.2) is 0 Å². The fraction of sp³-hybridized carbons (Fsp3) is 0.762. The van der Waals surface area contributed by atoms with Crippen molar-refractivity contribution in [3.05, 3.63) is 11.6 Å². The number of hydrogen-bond acceptors (Lipinski definition) is 2. The molecule has 0 heterocycles. The van der Waals surface area contributed by atoms with Crippen LogP contribution in [0.25, 0.3) is 0 Å². The lowest BCUT2D eigenvalue weighted by atomic mass is 9.46. The van der Waals surface area contributed by atoms with Crippen LogP contribution < -0.4 is 0 Å². The Balaban J connectivity index is 1.69. The van der Waals surface area contributed by atoms with E-state index in [1.54, 1.807) is 6.08 Å². The SMILES string of the molecule is C#C[C@H]1CC[C@H]2[C@@H]3CCC4=CC(=O)C(O)C[C@]4(C)[C@H]3CC[C@]12C. The van der Waals surface area contributed by atoms with Gasteiger partial charge in [0.15, 0.2) is 5.78 Å². The van der Waals surface area contributed by atoms with Crippen molar-refractivity contribution in [2.45, 2.75) is 64.9 Å². The van der Waals surface area contributed by atoms with E-state index >= 15 is 0 Å². The molecule has 1 N–H and O–H groups in total. The van der Waals surface area contributed by atoms with Gasteiger partial charge < -0.3 is 5.11 Å². The Bertz CT molecular complexity index is 612. The van der Waals surface area contributed by atoms with Gasteiger partial charge in [-0.3, -0.25) is 4.79 Å². The fourth-order valence-electron chi connectivity index (χ4n) is 6.89. The van der Waals surface area contributed by atoms with Crippen LogP contribution in [0.2, 0.25) is 0 Å². The summed E-state index contributed by atoms with van der Waals surface area (Å²) in [5.74, 6) is 5.50. The minimum Gasteiger partial charge on any atom is -0.385 e. The number of aliphatic hydroxyl groups is 1. The lowest BCUT2D eigenvalue weighted by molar-refractivity contribution is -0.128. The van der Waals surface area contributed by atoms with E-state index in [2.05, 4.69) is 19.8 Å². The molecule has 0 bridgehead atoms. The molecule has 4 aliphatic carbocycles. The Morgan fingerprint density at radius 1 is 1.22 bits per heavy atom. The summed E-state index contributed by atoms with van der Waals surface area (Å²) < 4.78 is 0. The molecular formula is C21H28O2. The minimum absolute atomic E-state index is 0.0196. The summed E-state index contributed by atoms with van der Waals surface area (Å²) in [5, 5.41) is 10.2. The first-order chi connectivity index (χ1) is 10.9. The van der Waals surface area contributed by atoms with E-state index in [0.717, 1.165) is 18.3 Å². The largest absolute Gasteiger partial charge is 0.385 e. The van der Waals surface area contributed by atoms with Crippen LogP contribution in [0.1, 0.15) is 58.8 Å². The van der Waals surface area contributed by atoms with Crippen LogP contribution in [-0.4, -0.2) is 17.0 Å². The van der Waals surface area contributed by atoms with Gasteiger partial charge in [-0.05, 0) is 79.6 Å². The molecule has 0 aromatic rings. The van der Waals surface area contributed by atoms with Gasteiger partial charge in [0.05, 0.1) is 0 Å². The molecule has 2 heteroatoms. The lowest BCUT2D eigenvalue weighted by Crippen LogP contribution is -2.52. The van der Waals surface area contributed by atoms with Gasteiger partial charge in [-0.15, -0.1) is 12.3 Å². The highest BCUT2D eigenvalue weighted by Gasteiger charge is 2.59. The molecule has 0 saturated heterocycles. The molecule has 4 rings (SSSR count). The molecule has 0 spiro atoms. The zero-order valence-corrected chi connectivity index (χ0v) is 14.3. The Morgan fingerprint density at radius 3 is 2.74 bits per heavy atom. The third-order valence-corrected chi connectivity index (χ3v) is 8.20. The lowest BCUT2D eigenvalue weighted by Gasteiger charge is -2.58. The second-order valence-electron chi connectivity index (χ2n) is 8.97. The highest BCUT2D eigenvalue weighted by atomic mass is 16.3. The summed E-state index contributed by atoms with van der Waals surface area (Å²) in [7, 11) is 0.